The number of aromatic nitrogens is 7. The van der Waals surface area contributed by atoms with Gasteiger partial charge in [0, 0.05) is 70.5 Å². The highest BCUT2D eigenvalue weighted by Crippen LogP contribution is 2.35. The standard InChI is InChI=1S/C20H27N9O/c1-27(2)19-20(23-6-5-22-19)28-11-16(9-15-10-21-13-24-15)29-17(12-28)25-26-18(29)14-3-7-30-8-4-14/h5-6,10,13-14,16H,3-4,7-9,11-12H2,1-2H3,(H,21,24). The van der Waals surface area contributed by atoms with Gasteiger partial charge < -0.3 is 24.1 Å². The molecule has 0 aliphatic carbocycles. The van der Waals surface area contributed by atoms with E-state index in [2.05, 4.69) is 39.6 Å². The summed E-state index contributed by atoms with van der Waals surface area (Å²) in [5.74, 6) is 4.19. The van der Waals surface area contributed by atoms with Crippen molar-refractivity contribution in [2.45, 2.75) is 37.8 Å². The summed E-state index contributed by atoms with van der Waals surface area (Å²) in [6.45, 7) is 3.04. The summed E-state index contributed by atoms with van der Waals surface area (Å²) in [5, 5.41) is 9.25. The Hall–Kier alpha value is -3.01. The van der Waals surface area contributed by atoms with E-state index >= 15 is 0 Å². The van der Waals surface area contributed by atoms with Gasteiger partial charge in [0.1, 0.15) is 5.82 Å². The van der Waals surface area contributed by atoms with Gasteiger partial charge in [-0.3, -0.25) is 0 Å². The number of hydrogen-bond acceptors (Lipinski definition) is 8. The molecule has 1 fully saturated rings. The van der Waals surface area contributed by atoms with Crippen LogP contribution in [-0.2, 0) is 17.7 Å². The lowest BCUT2D eigenvalue weighted by Crippen LogP contribution is -2.40. The van der Waals surface area contributed by atoms with E-state index < -0.39 is 0 Å². The lowest BCUT2D eigenvalue weighted by molar-refractivity contribution is 0.0822. The van der Waals surface area contributed by atoms with Gasteiger partial charge in [-0.05, 0) is 12.8 Å². The zero-order valence-corrected chi connectivity index (χ0v) is 17.4. The molecule has 1 saturated heterocycles. The van der Waals surface area contributed by atoms with Crippen molar-refractivity contribution in [1.82, 2.24) is 34.7 Å². The van der Waals surface area contributed by atoms with Gasteiger partial charge in [-0.2, -0.15) is 0 Å². The van der Waals surface area contributed by atoms with Crippen LogP contribution in [0.15, 0.2) is 24.9 Å². The summed E-state index contributed by atoms with van der Waals surface area (Å²) in [5.41, 5.74) is 1.10. The zero-order valence-electron chi connectivity index (χ0n) is 17.4. The van der Waals surface area contributed by atoms with Crippen molar-refractivity contribution in [3.63, 3.8) is 0 Å². The topological polar surface area (TPSA) is 101 Å². The van der Waals surface area contributed by atoms with Crippen molar-refractivity contribution >= 4 is 11.6 Å². The minimum Gasteiger partial charge on any atom is -0.381 e. The Morgan fingerprint density at radius 2 is 2.00 bits per heavy atom. The van der Waals surface area contributed by atoms with Crippen LogP contribution in [0.25, 0.3) is 0 Å². The Balaban J connectivity index is 1.52. The first-order valence-electron chi connectivity index (χ1n) is 10.4. The van der Waals surface area contributed by atoms with Crippen LogP contribution in [0, 0.1) is 0 Å². The van der Waals surface area contributed by atoms with Gasteiger partial charge >= 0.3 is 0 Å². The molecule has 3 aromatic rings. The molecule has 10 heteroatoms. The number of aromatic amines is 1. The molecule has 5 heterocycles. The van der Waals surface area contributed by atoms with E-state index in [-0.39, 0.29) is 6.04 Å². The molecule has 1 N–H and O–H groups in total. The monoisotopic (exact) mass is 409 g/mol. The van der Waals surface area contributed by atoms with Gasteiger partial charge in [0.2, 0.25) is 0 Å². The molecule has 1 atom stereocenters. The van der Waals surface area contributed by atoms with Gasteiger partial charge in [0.15, 0.2) is 17.5 Å². The SMILES string of the molecule is CN(C)c1nccnc1N1Cc2nnc(C3CCOCC3)n2C(Cc2cnc[nH]2)C1. The molecule has 0 radical (unpaired) electrons. The smallest absolute Gasteiger partial charge is 0.172 e. The van der Waals surface area contributed by atoms with Crippen LogP contribution in [-0.4, -0.2) is 68.6 Å². The molecular weight excluding hydrogens is 382 g/mol. The quantitative estimate of drug-likeness (QED) is 0.677. The van der Waals surface area contributed by atoms with Crippen molar-refractivity contribution in [3.8, 4) is 0 Å². The first kappa shape index (κ1) is 19.0. The largest absolute Gasteiger partial charge is 0.381 e. The highest BCUT2D eigenvalue weighted by atomic mass is 16.5. The first-order valence-corrected chi connectivity index (χ1v) is 10.4. The molecule has 0 aromatic carbocycles. The number of rotatable bonds is 5. The Morgan fingerprint density at radius 3 is 2.77 bits per heavy atom. The highest BCUT2D eigenvalue weighted by Gasteiger charge is 2.34. The van der Waals surface area contributed by atoms with Crippen LogP contribution in [0.4, 0.5) is 11.6 Å². The molecule has 1 unspecified atom stereocenters. The van der Waals surface area contributed by atoms with E-state index in [1.54, 1.807) is 18.7 Å². The molecule has 0 amide bonds. The first-order chi connectivity index (χ1) is 14.7. The number of nitrogens with one attached hydrogen (secondary N) is 1. The van der Waals surface area contributed by atoms with Crippen LogP contribution in [0.5, 0.6) is 0 Å². The van der Waals surface area contributed by atoms with Crippen molar-refractivity contribution in [2.24, 2.45) is 0 Å². The predicted molar refractivity (Wildman–Crippen MR) is 112 cm³/mol. The van der Waals surface area contributed by atoms with Crippen LogP contribution in [0.2, 0.25) is 0 Å². The number of anilines is 2. The second-order valence-electron chi connectivity index (χ2n) is 8.14. The number of ether oxygens (including phenoxy) is 1. The average Bonchev–Trinajstić information content (AvgIpc) is 3.44. The Bertz CT molecular complexity index is 978. The maximum Gasteiger partial charge on any atom is 0.172 e. The minimum absolute atomic E-state index is 0.180. The molecular formula is C20H27N9O. The van der Waals surface area contributed by atoms with Crippen LogP contribution in [0.1, 0.15) is 42.1 Å². The summed E-state index contributed by atoms with van der Waals surface area (Å²) >= 11 is 0. The second kappa shape index (κ2) is 8.02. The van der Waals surface area contributed by atoms with E-state index in [9.17, 15) is 0 Å². The predicted octanol–water partition coefficient (Wildman–Crippen LogP) is 1.56. The number of hydrogen-bond donors (Lipinski definition) is 1. The van der Waals surface area contributed by atoms with Crippen LogP contribution >= 0.6 is 0 Å². The summed E-state index contributed by atoms with van der Waals surface area (Å²) in [4.78, 5) is 20.9. The Morgan fingerprint density at radius 1 is 1.17 bits per heavy atom. The van der Waals surface area contributed by atoms with Crippen molar-refractivity contribution in [2.75, 3.05) is 43.7 Å². The fourth-order valence-corrected chi connectivity index (χ4v) is 4.48. The van der Waals surface area contributed by atoms with E-state index in [1.165, 1.54) is 0 Å². The third kappa shape index (κ3) is 3.51. The van der Waals surface area contributed by atoms with Gasteiger partial charge in [0.05, 0.1) is 18.9 Å². The molecule has 3 aromatic heterocycles. The number of H-pyrrole nitrogens is 1. The molecule has 2 aliphatic rings. The summed E-state index contributed by atoms with van der Waals surface area (Å²) < 4.78 is 7.93. The Kier molecular flexibility index (Phi) is 5.07. The fraction of sp³-hybridized carbons (Fsp3) is 0.550. The van der Waals surface area contributed by atoms with Gasteiger partial charge in [-0.25, -0.2) is 15.0 Å². The summed E-state index contributed by atoms with van der Waals surface area (Å²) in [7, 11) is 3.98. The third-order valence-electron chi connectivity index (χ3n) is 5.90. The second-order valence-corrected chi connectivity index (χ2v) is 8.14. The molecule has 5 rings (SSSR count). The Labute approximate surface area is 175 Å². The molecule has 2 aliphatic heterocycles. The summed E-state index contributed by atoms with van der Waals surface area (Å²) in [6.07, 6.45) is 9.92. The van der Waals surface area contributed by atoms with Crippen LogP contribution in [0.3, 0.4) is 0 Å². The highest BCUT2D eigenvalue weighted by molar-refractivity contribution is 5.61. The van der Waals surface area contributed by atoms with E-state index in [0.29, 0.717) is 12.5 Å². The molecule has 0 spiro atoms. The number of nitrogens with zero attached hydrogens (tertiary/aromatic N) is 8. The van der Waals surface area contributed by atoms with Crippen molar-refractivity contribution in [1.29, 1.82) is 0 Å². The van der Waals surface area contributed by atoms with Gasteiger partial charge in [-0.1, -0.05) is 0 Å². The maximum absolute atomic E-state index is 5.57. The van der Waals surface area contributed by atoms with Crippen LogP contribution < -0.4 is 9.80 Å². The molecule has 10 nitrogen and oxygen atoms in total. The molecule has 158 valence electrons. The lowest BCUT2D eigenvalue weighted by Gasteiger charge is -2.37. The lowest BCUT2D eigenvalue weighted by atomic mass is 9.98. The van der Waals surface area contributed by atoms with E-state index in [0.717, 1.165) is 68.0 Å². The fourth-order valence-electron chi connectivity index (χ4n) is 4.48. The van der Waals surface area contributed by atoms with Gasteiger partial charge in [-0.15, -0.1) is 10.2 Å². The van der Waals surface area contributed by atoms with E-state index in [1.807, 2.05) is 25.2 Å². The summed E-state index contributed by atoms with van der Waals surface area (Å²) in [6, 6.07) is 0.180. The average molecular weight is 409 g/mol. The van der Waals surface area contributed by atoms with Gasteiger partial charge in [0.25, 0.3) is 0 Å². The van der Waals surface area contributed by atoms with E-state index in [4.69, 9.17) is 4.74 Å². The molecule has 30 heavy (non-hydrogen) atoms. The normalized spacial score (nSPS) is 19.7. The zero-order chi connectivity index (χ0) is 20.5. The third-order valence-corrected chi connectivity index (χ3v) is 5.90. The number of imidazole rings is 1. The molecule has 0 saturated carbocycles. The van der Waals surface area contributed by atoms with Crippen molar-refractivity contribution < 1.29 is 4.74 Å². The molecule has 0 bridgehead atoms. The maximum atomic E-state index is 5.57. The minimum atomic E-state index is 0.180. The number of fused-ring (bicyclic) bond motifs is 1. The van der Waals surface area contributed by atoms with Crippen molar-refractivity contribution in [3.05, 3.63) is 42.3 Å².